The first-order valence-electron chi connectivity index (χ1n) is 9.19. The zero-order valence-corrected chi connectivity index (χ0v) is 18.6. The van der Waals surface area contributed by atoms with E-state index in [0.29, 0.717) is 17.3 Å². The summed E-state index contributed by atoms with van der Waals surface area (Å²) in [6.07, 6.45) is 0. The molecule has 0 unspecified atom stereocenters. The molecule has 29 heavy (non-hydrogen) atoms. The van der Waals surface area contributed by atoms with Gasteiger partial charge in [0.25, 0.3) is 5.91 Å². The van der Waals surface area contributed by atoms with E-state index in [0.717, 1.165) is 27.0 Å². The van der Waals surface area contributed by atoms with Crippen molar-refractivity contribution >= 4 is 44.8 Å². The third kappa shape index (κ3) is 5.99. The molecular formula is C23H22BrClN2O2. The largest absolute Gasteiger partial charge is 0.483 e. The number of aryl methyl sites for hydroxylation is 2. The fourth-order valence-corrected chi connectivity index (χ4v) is 3.48. The molecule has 3 rings (SSSR count). The number of benzene rings is 3. The summed E-state index contributed by atoms with van der Waals surface area (Å²) in [5.74, 6) is 0.409. The van der Waals surface area contributed by atoms with Gasteiger partial charge < -0.3 is 15.4 Å². The van der Waals surface area contributed by atoms with Gasteiger partial charge in [-0.1, -0.05) is 35.9 Å². The number of para-hydroxylation sites is 1. The van der Waals surface area contributed by atoms with E-state index in [9.17, 15) is 4.79 Å². The Morgan fingerprint density at radius 3 is 2.55 bits per heavy atom. The van der Waals surface area contributed by atoms with Gasteiger partial charge in [-0.05, 0) is 82.9 Å². The van der Waals surface area contributed by atoms with Gasteiger partial charge in [-0.15, -0.1) is 0 Å². The van der Waals surface area contributed by atoms with Crippen LogP contribution in [-0.2, 0) is 11.3 Å². The highest BCUT2D eigenvalue weighted by atomic mass is 79.9. The van der Waals surface area contributed by atoms with Crippen molar-refractivity contribution in [2.24, 2.45) is 0 Å². The van der Waals surface area contributed by atoms with Crippen molar-refractivity contribution in [2.45, 2.75) is 20.4 Å². The van der Waals surface area contributed by atoms with Crippen LogP contribution in [0.15, 0.2) is 65.1 Å². The molecule has 4 nitrogen and oxygen atoms in total. The van der Waals surface area contributed by atoms with Crippen LogP contribution in [0.2, 0.25) is 5.02 Å². The fourth-order valence-electron chi connectivity index (χ4n) is 2.73. The van der Waals surface area contributed by atoms with Crippen LogP contribution in [0.25, 0.3) is 0 Å². The molecule has 3 aromatic carbocycles. The average Bonchev–Trinajstić information content (AvgIpc) is 2.69. The van der Waals surface area contributed by atoms with Gasteiger partial charge in [-0.25, -0.2) is 0 Å². The van der Waals surface area contributed by atoms with Crippen LogP contribution in [0.1, 0.15) is 16.7 Å². The highest BCUT2D eigenvalue weighted by Crippen LogP contribution is 2.27. The number of nitrogens with one attached hydrogen (secondary N) is 2. The summed E-state index contributed by atoms with van der Waals surface area (Å²) in [7, 11) is 0. The van der Waals surface area contributed by atoms with Gasteiger partial charge in [0.15, 0.2) is 6.61 Å². The molecule has 6 heteroatoms. The second-order valence-electron chi connectivity index (χ2n) is 6.73. The number of hydrogen-bond acceptors (Lipinski definition) is 3. The maximum atomic E-state index is 12.2. The smallest absolute Gasteiger partial charge is 0.262 e. The number of carbonyl (C=O) groups excluding carboxylic acids is 1. The molecule has 0 aliphatic carbocycles. The second-order valence-corrected chi connectivity index (χ2v) is 8.00. The highest BCUT2D eigenvalue weighted by molar-refractivity contribution is 9.10. The molecule has 0 heterocycles. The number of anilines is 2. The summed E-state index contributed by atoms with van der Waals surface area (Å²) in [4.78, 5) is 12.2. The van der Waals surface area contributed by atoms with Crippen molar-refractivity contribution in [3.63, 3.8) is 0 Å². The molecule has 0 aliphatic rings. The van der Waals surface area contributed by atoms with E-state index >= 15 is 0 Å². The van der Waals surface area contributed by atoms with Gasteiger partial charge in [-0.3, -0.25) is 4.79 Å². The van der Waals surface area contributed by atoms with Crippen molar-refractivity contribution in [1.82, 2.24) is 0 Å². The Balaban J connectivity index is 1.54. The molecule has 0 fully saturated rings. The van der Waals surface area contributed by atoms with Crippen LogP contribution < -0.4 is 15.4 Å². The number of rotatable bonds is 7. The molecule has 0 aromatic heterocycles. The lowest BCUT2D eigenvalue weighted by atomic mass is 10.1. The Labute approximate surface area is 184 Å². The average molecular weight is 474 g/mol. The molecule has 0 atom stereocenters. The van der Waals surface area contributed by atoms with Gasteiger partial charge in [0.05, 0.1) is 15.2 Å². The molecule has 0 saturated carbocycles. The zero-order chi connectivity index (χ0) is 20.8. The van der Waals surface area contributed by atoms with Gasteiger partial charge in [0.2, 0.25) is 0 Å². The molecule has 0 radical (unpaired) electrons. The molecular weight excluding hydrogens is 452 g/mol. The van der Waals surface area contributed by atoms with Crippen molar-refractivity contribution in [2.75, 3.05) is 17.2 Å². The zero-order valence-electron chi connectivity index (χ0n) is 16.3. The Bertz CT molecular complexity index is 1020. The van der Waals surface area contributed by atoms with Gasteiger partial charge in [-0.2, -0.15) is 0 Å². The third-order valence-corrected chi connectivity index (χ3v) is 5.45. The molecule has 0 bridgehead atoms. The van der Waals surface area contributed by atoms with Crippen LogP contribution in [-0.4, -0.2) is 12.5 Å². The topological polar surface area (TPSA) is 50.4 Å². The number of hydrogen-bond donors (Lipinski definition) is 2. The van der Waals surface area contributed by atoms with E-state index < -0.39 is 0 Å². The number of halogens is 2. The van der Waals surface area contributed by atoms with Crippen LogP contribution in [0, 0.1) is 13.8 Å². The number of carbonyl (C=O) groups is 1. The minimum atomic E-state index is -0.204. The maximum absolute atomic E-state index is 12.2. The summed E-state index contributed by atoms with van der Waals surface area (Å²) in [6.45, 7) is 4.61. The van der Waals surface area contributed by atoms with Crippen molar-refractivity contribution in [1.29, 1.82) is 0 Å². The molecule has 0 aliphatic heterocycles. The number of ether oxygens (including phenoxy) is 1. The first kappa shape index (κ1) is 21.2. The van der Waals surface area contributed by atoms with Crippen LogP contribution in [0.5, 0.6) is 5.75 Å². The molecule has 1 amide bonds. The van der Waals surface area contributed by atoms with Crippen LogP contribution in [0.4, 0.5) is 11.4 Å². The van der Waals surface area contributed by atoms with E-state index in [-0.39, 0.29) is 12.5 Å². The highest BCUT2D eigenvalue weighted by Gasteiger charge is 2.08. The first-order chi connectivity index (χ1) is 13.9. The van der Waals surface area contributed by atoms with Gasteiger partial charge in [0.1, 0.15) is 5.75 Å². The predicted octanol–water partition coefficient (Wildman–Crippen LogP) is 6.35. The van der Waals surface area contributed by atoms with E-state index in [1.807, 2.05) is 74.5 Å². The van der Waals surface area contributed by atoms with Crippen molar-refractivity contribution < 1.29 is 9.53 Å². The van der Waals surface area contributed by atoms with Crippen molar-refractivity contribution in [3.05, 3.63) is 86.8 Å². The SMILES string of the molecule is Cc1ccc(NC(=O)COc2ccc(CNc3ccccc3Cl)cc2Br)cc1C. The van der Waals surface area contributed by atoms with Crippen molar-refractivity contribution in [3.8, 4) is 5.75 Å². The fraction of sp³-hybridized carbons (Fsp3) is 0.174. The minimum absolute atomic E-state index is 0.0667. The summed E-state index contributed by atoms with van der Waals surface area (Å²) >= 11 is 9.67. The lowest BCUT2D eigenvalue weighted by Crippen LogP contribution is -2.20. The monoisotopic (exact) mass is 472 g/mol. The molecule has 0 spiro atoms. The van der Waals surface area contributed by atoms with Crippen LogP contribution in [0.3, 0.4) is 0 Å². The standard InChI is InChI=1S/C23H22BrClN2O2/c1-15-7-9-18(11-16(15)2)27-23(28)14-29-22-10-8-17(12-19(22)24)13-26-21-6-4-3-5-20(21)25/h3-12,26H,13-14H2,1-2H3,(H,27,28). The minimum Gasteiger partial charge on any atom is -0.483 e. The second kappa shape index (κ2) is 9.81. The summed E-state index contributed by atoms with van der Waals surface area (Å²) in [5.41, 5.74) is 5.03. The van der Waals surface area contributed by atoms with Crippen LogP contribution >= 0.6 is 27.5 Å². The van der Waals surface area contributed by atoms with E-state index in [1.165, 1.54) is 5.56 Å². The Morgan fingerprint density at radius 1 is 1.03 bits per heavy atom. The molecule has 3 aromatic rings. The van der Waals surface area contributed by atoms with E-state index in [4.69, 9.17) is 16.3 Å². The predicted molar refractivity (Wildman–Crippen MR) is 123 cm³/mol. The summed E-state index contributed by atoms with van der Waals surface area (Å²) in [5, 5.41) is 6.84. The van der Waals surface area contributed by atoms with Gasteiger partial charge >= 0.3 is 0 Å². The first-order valence-corrected chi connectivity index (χ1v) is 10.4. The van der Waals surface area contributed by atoms with Gasteiger partial charge in [0, 0.05) is 12.2 Å². The van der Waals surface area contributed by atoms with E-state index in [2.05, 4.69) is 26.6 Å². The Morgan fingerprint density at radius 2 is 1.83 bits per heavy atom. The summed E-state index contributed by atoms with van der Waals surface area (Å²) in [6, 6.07) is 19.2. The molecule has 2 N–H and O–H groups in total. The summed E-state index contributed by atoms with van der Waals surface area (Å²) < 4.78 is 6.45. The molecule has 0 saturated heterocycles. The normalized spacial score (nSPS) is 10.5. The Kier molecular flexibility index (Phi) is 7.18. The Hall–Kier alpha value is -2.50. The van der Waals surface area contributed by atoms with E-state index in [1.54, 1.807) is 0 Å². The number of amides is 1. The lowest BCUT2D eigenvalue weighted by molar-refractivity contribution is -0.118. The maximum Gasteiger partial charge on any atom is 0.262 e. The molecule has 150 valence electrons. The quantitative estimate of drug-likeness (QED) is 0.420. The third-order valence-electron chi connectivity index (χ3n) is 4.50. The lowest BCUT2D eigenvalue weighted by Gasteiger charge is -2.12.